The Hall–Kier alpha value is -0.0400. The Bertz CT molecular complexity index is 200. The molecule has 0 bridgehead atoms. The SMILES string of the molecule is CCCCCC1CCC2CCC(CCC)N12. The highest BCUT2D eigenvalue weighted by atomic mass is 15.3. The van der Waals surface area contributed by atoms with Crippen molar-refractivity contribution in [3.63, 3.8) is 0 Å². The molecule has 94 valence electrons. The highest BCUT2D eigenvalue weighted by molar-refractivity contribution is 4.96. The molecule has 3 atom stereocenters. The maximum atomic E-state index is 2.93. The first-order chi connectivity index (χ1) is 7.86. The van der Waals surface area contributed by atoms with Gasteiger partial charge in [-0.1, -0.05) is 39.5 Å². The van der Waals surface area contributed by atoms with Gasteiger partial charge in [0.2, 0.25) is 0 Å². The minimum absolute atomic E-state index is 0.948. The van der Waals surface area contributed by atoms with Crippen LogP contribution in [0, 0.1) is 0 Å². The van der Waals surface area contributed by atoms with Crippen LogP contribution in [0.5, 0.6) is 0 Å². The van der Waals surface area contributed by atoms with Crippen LogP contribution in [0.4, 0.5) is 0 Å². The molecule has 0 N–H and O–H groups in total. The zero-order valence-electron chi connectivity index (χ0n) is 11.3. The van der Waals surface area contributed by atoms with Crippen molar-refractivity contribution in [2.24, 2.45) is 0 Å². The molecule has 16 heavy (non-hydrogen) atoms. The Labute approximate surface area is 102 Å². The van der Waals surface area contributed by atoms with Gasteiger partial charge in [-0.05, 0) is 38.5 Å². The van der Waals surface area contributed by atoms with E-state index in [2.05, 4.69) is 18.7 Å². The fraction of sp³-hybridized carbons (Fsp3) is 1.00. The quantitative estimate of drug-likeness (QED) is 0.605. The standard InChI is InChI=1S/C15H29N/c1-3-5-6-8-14-10-12-15-11-9-13(7-4-2)16(14)15/h13-15H,3-12H2,1-2H3. The molecule has 1 heteroatoms. The summed E-state index contributed by atoms with van der Waals surface area (Å²) in [5.41, 5.74) is 0. The molecule has 0 spiro atoms. The molecule has 2 fully saturated rings. The van der Waals surface area contributed by atoms with Crippen LogP contribution in [0.3, 0.4) is 0 Å². The summed E-state index contributed by atoms with van der Waals surface area (Å²) < 4.78 is 0. The van der Waals surface area contributed by atoms with Crippen LogP contribution in [-0.2, 0) is 0 Å². The average molecular weight is 223 g/mol. The second-order valence-corrected chi connectivity index (χ2v) is 5.85. The molecular formula is C15H29N. The third kappa shape index (κ3) is 2.61. The summed E-state index contributed by atoms with van der Waals surface area (Å²) in [6, 6.07) is 2.88. The fourth-order valence-electron chi connectivity index (χ4n) is 3.95. The molecule has 2 rings (SSSR count). The van der Waals surface area contributed by atoms with Gasteiger partial charge in [-0.2, -0.15) is 0 Å². The molecule has 3 unspecified atom stereocenters. The molecule has 0 saturated carbocycles. The Balaban J connectivity index is 1.84. The predicted molar refractivity (Wildman–Crippen MR) is 70.7 cm³/mol. The van der Waals surface area contributed by atoms with Gasteiger partial charge >= 0.3 is 0 Å². The molecule has 2 aliphatic rings. The first-order valence-corrected chi connectivity index (χ1v) is 7.64. The van der Waals surface area contributed by atoms with Crippen LogP contribution in [0.1, 0.15) is 78.1 Å². The second kappa shape index (κ2) is 6.05. The summed E-state index contributed by atoms with van der Waals surface area (Å²) in [4.78, 5) is 2.93. The van der Waals surface area contributed by atoms with Gasteiger partial charge in [-0.3, -0.25) is 4.90 Å². The topological polar surface area (TPSA) is 3.24 Å². The van der Waals surface area contributed by atoms with E-state index >= 15 is 0 Å². The molecule has 0 aromatic carbocycles. The van der Waals surface area contributed by atoms with Crippen LogP contribution in [-0.4, -0.2) is 23.0 Å². The minimum atomic E-state index is 0.948. The molecule has 2 aliphatic heterocycles. The van der Waals surface area contributed by atoms with Gasteiger partial charge in [0.1, 0.15) is 0 Å². The lowest BCUT2D eigenvalue weighted by molar-refractivity contribution is 0.163. The minimum Gasteiger partial charge on any atom is -0.294 e. The highest BCUT2D eigenvalue weighted by Crippen LogP contribution is 2.39. The van der Waals surface area contributed by atoms with Gasteiger partial charge in [0, 0.05) is 18.1 Å². The van der Waals surface area contributed by atoms with Crippen LogP contribution in [0.2, 0.25) is 0 Å². The molecule has 0 aromatic heterocycles. The summed E-state index contributed by atoms with van der Waals surface area (Å²) in [7, 11) is 0. The van der Waals surface area contributed by atoms with Crippen molar-refractivity contribution in [2.45, 2.75) is 96.2 Å². The van der Waals surface area contributed by atoms with Crippen LogP contribution >= 0.6 is 0 Å². The van der Waals surface area contributed by atoms with Crippen molar-refractivity contribution >= 4 is 0 Å². The average Bonchev–Trinajstić information content (AvgIpc) is 2.84. The maximum absolute atomic E-state index is 2.93. The molecule has 0 amide bonds. The zero-order chi connectivity index (χ0) is 11.4. The molecule has 0 radical (unpaired) electrons. The van der Waals surface area contributed by atoms with Crippen molar-refractivity contribution in [1.82, 2.24) is 4.90 Å². The van der Waals surface area contributed by atoms with Crippen molar-refractivity contribution in [3.8, 4) is 0 Å². The van der Waals surface area contributed by atoms with E-state index in [0.717, 1.165) is 18.1 Å². The van der Waals surface area contributed by atoms with Gasteiger partial charge in [0.25, 0.3) is 0 Å². The Morgan fingerprint density at radius 1 is 0.812 bits per heavy atom. The van der Waals surface area contributed by atoms with Gasteiger partial charge in [-0.15, -0.1) is 0 Å². The normalized spacial score (nSPS) is 34.5. The van der Waals surface area contributed by atoms with Crippen molar-refractivity contribution in [3.05, 3.63) is 0 Å². The third-order valence-electron chi connectivity index (χ3n) is 4.69. The molecular weight excluding hydrogens is 194 g/mol. The number of hydrogen-bond acceptors (Lipinski definition) is 1. The maximum Gasteiger partial charge on any atom is 0.0102 e. The van der Waals surface area contributed by atoms with E-state index in [-0.39, 0.29) is 0 Å². The summed E-state index contributed by atoms with van der Waals surface area (Å²) in [6.07, 6.45) is 14.5. The monoisotopic (exact) mass is 223 g/mol. The van der Waals surface area contributed by atoms with Gasteiger partial charge in [0.05, 0.1) is 0 Å². The van der Waals surface area contributed by atoms with Crippen molar-refractivity contribution in [2.75, 3.05) is 0 Å². The highest BCUT2D eigenvalue weighted by Gasteiger charge is 2.41. The Morgan fingerprint density at radius 2 is 1.50 bits per heavy atom. The molecule has 0 aromatic rings. The summed E-state index contributed by atoms with van der Waals surface area (Å²) in [5, 5.41) is 0. The van der Waals surface area contributed by atoms with E-state index in [4.69, 9.17) is 0 Å². The summed E-state index contributed by atoms with van der Waals surface area (Å²) in [5.74, 6) is 0. The fourth-order valence-corrected chi connectivity index (χ4v) is 3.95. The van der Waals surface area contributed by atoms with Crippen molar-refractivity contribution in [1.29, 1.82) is 0 Å². The number of nitrogens with zero attached hydrogens (tertiary/aromatic N) is 1. The van der Waals surface area contributed by atoms with E-state index in [1.165, 1.54) is 64.2 Å². The van der Waals surface area contributed by atoms with E-state index in [9.17, 15) is 0 Å². The van der Waals surface area contributed by atoms with Crippen LogP contribution in [0.25, 0.3) is 0 Å². The molecule has 2 saturated heterocycles. The molecule has 2 heterocycles. The number of hydrogen-bond donors (Lipinski definition) is 0. The first-order valence-electron chi connectivity index (χ1n) is 7.64. The first kappa shape index (κ1) is 12.4. The second-order valence-electron chi connectivity index (χ2n) is 5.85. The van der Waals surface area contributed by atoms with Gasteiger partial charge in [-0.25, -0.2) is 0 Å². The summed E-state index contributed by atoms with van der Waals surface area (Å²) >= 11 is 0. The number of rotatable bonds is 6. The summed E-state index contributed by atoms with van der Waals surface area (Å²) in [6.45, 7) is 4.66. The zero-order valence-corrected chi connectivity index (χ0v) is 11.3. The van der Waals surface area contributed by atoms with E-state index in [1.807, 2.05) is 0 Å². The van der Waals surface area contributed by atoms with Crippen LogP contribution < -0.4 is 0 Å². The number of fused-ring (bicyclic) bond motifs is 1. The van der Waals surface area contributed by atoms with Crippen LogP contribution in [0.15, 0.2) is 0 Å². The smallest absolute Gasteiger partial charge is 0.0102 e. The predicted octanol–water partition coefficient (Wildman–Crippen LogP) is 4.36. The Kier molecular flexibility index (Phi) is 4.69. The van der Waals surface area contributed by atoms with Gasteiger partial charge < -0.3 is 0 Å². The largest absolute Gasteiger partial charge is 0.294 e. The lowest BCUT2D eigenvalue weighted by Crippen LogP contribution is -2.38. The number of unbranched alkanes of at least 4 members (excludes halogenated alkanes) is 2. The molecule has 0 aliphatic carbocycles. The lowest BCUT2D eigenvalue weighted by Gasteiger charge is -2.30. The van der Waals surface area contributed by atoms with E-state index in [1.54, 1.807) is 0 Å². The van der Waals surface area contributed by atoms with Gasteiger partial charge in [0.15, 0.2) is 0 Å². The van der Waals surface area contributed by atoms with E-state index in [0.29, 0.717) is 0 Å². The third-order valence-corrected chi connectivity index (χ3v) is 4.69. The Morgan fingerprint density at radius 3 is 2.12 bits per heavy atom. The van der Waals surface area contributed by atoms with E-state index < -0.39 is 0 Å². The molecule has 1 nitrogen and oxygen atoms in total. The van der Waals surface area contributed by atoms with Crippen molar-refractivity contribution < 1.29 is 0 Å². The lowest BCUT2D eigenvalue weighted by atomic mass is 10.0.